The van der Waals surface area contributed by atoms with Crippen LogP contribution in [0.1, 0.15) is 22.8 Å². The first-order valence-corrected chi connectivity index (χ1v) is 6.87. The maximum Gasteiger partial charge on any atom is 0.338 e. The number of benzene rings is 1. The van der Waals surface area contributed by atoms with Gasteiger partial charge in [0.15, 0.2) is 0 Å². The Balaban J connectivity index is 0.00000242. The molecule has 1 aliphatic heterocycles. The third-order valence-corrected chi connectivity index (χ3v) is 3.51. The molecule has 1 aliphatic rings. The third kappa shape index (κ3) is 4.19. The second-order valence-electron chi connectivity index (χ2n) is 5.02. The lowest BCUT2D eigenvalue weighted by atomic mass is 10.1. The minimum absolute atomic E-state index is 0. The smallest absolute Gasteiger partial charge is 0.338 e. The van der Waals surface area contributed by atoms with E-state index in [0.29, 0.717) is 24.4 Å². The van der Waals surface area contributed by atoms with Gasteiger partial charge in [-0.25, -0.2) is 4.79 Å². The van der Waals surface area contributed by atoms with Gasteiger partial charge >= 0.3 is 5.97 Å². The van der Waals surface area contributed by atoms with Gasteiger partial charge in [0.2, 0.25) is 5.91 Å². The predicted molar refractivity (Wildman–Crippen MR) is 85.6 cm³/mol. The van der Waals surface area contributed by atoms with Crippen LogP contribution in [0, 0.1) is 6.92 Å². The highest BCUT2D eigenvalue weighted by molar-refractivity contribution is 5.97. The van der Waals surface area contributed by atoms with Crippen LogP contribution in [0.4, 0.5) is 5.69 Å². The Morgan fingerprint density at radius 1 is 1.41 bits per heavy atom. The van der Waals surface area contributed by atoms with Crippen molar-refractivity contribution in [2.75, 3.05) is 25.6 Å². The number of carbonyl (C=O) groups excluding carboxylic acids is 2. The Morgan fingerprint density at radius 3 is 2.77 bits per heavy atom. The minimum atomic E-state index is -0.420. The second-order valence-corrected chi connectivity index (χ2v) is 5.02. The number of anilines is 1. The highest BCUT2D eigenvalue weighted by Crippen LogP contribution is 2.17. The standard InChI is InChI=1S/C15H20N2O4.ClH/c1-9-4-5-11(8-12(9)15(19)20-3)17-14(18)13-10(2)21-7-6-16-13;/h4-5,8,10,13,16H,6-7H2,1-3H3,(H,17,18);1H/t10-,13+;/m1./s1. The van der Waals surface area contributed by atoms with Crippen LogP contribution in [0.5, 0.6) is 0 Å². The summed E-state index contributed by atoms with van der Waals surface area (Å²) < 4.78 is 10.2. The zero-order chi connectivity index (χ0) is 15.4. The predicted octanol–water partition coefficient (Wildman–Crippen LogP) is 1.52. The highest BCUT2D eigenvalue weighted by Gasteiger charge is 2.28. The van der Waals surface area contributed by atoms with Crippen LogP contribution in [0.25, 0.3) is 0 Å². The number of nitrogens with one attached hydrogen (secondary N) is 2. The van der Waals surface area contributed by atoms with Gasteiger partial charge in [-0.3, -0.25) is 4.79 Å². The number of morpholine rings is 1. The number of carbonyl (C=O) groups is 2. The fraction of sp³-hybridized carbons (Fsp3) is 0.467. The van der Waals surface area contributed by atoms with Gasteiger partial charge in [-0.05, 0) is 31.5 Å². The number of ether oxygens (including phenoxy) is 2. The van der Waals surface area contributed by atoms with E-state index >= 15 is 0 Å². The van der Waals surface area contributed by atoms with E-state index in [-0.39, 0.29) is 24.4 Å². The number of amides is 1. The molecule has 1 saturated heterocycles. The van der Waals surface area contributed by atoms with Crippen LogP contribution in [0.15, 0.2) is 18.2 Å². The molecular weight excluding hydrogens is 308 g/mol. The van der Waals surface area contributed by atoms with Crippen molar-refractivity contribution in [1.82, 2.24) is 5.32 Å². The molecule has 6 nitrogen and oxygen atoms in total. The monoisotopic (exact) mass is 328 g/mol. The summed E-state index contributed by atoms with van der Waals surface area (Å²) in [5, 5.41) is 5.92. The molecule has 2 N–H and O–H groups in total. The Labute approximate surface area is 136 Å². The molecule has 0 unspecified atom stereocenters. The summed E-state index contributed by atoms with van der Waals surface area (Å²) in [6.45, 7) is 4.91. The van der Waals surface area contributed by atoms with Crippen molar-refractivity contribution in [2.45, 2.75) is 26.0 Å². The van der Waals surface area contributed by atoms with Gasteiger partial charge < -0.3 is 20.1 Å². The average molecular weight is 329 g/mol. The Bertz CT molecular complexity index is 550. The van der Waals surface area contributed by atoms with Crippen molar-refractivity contribution in [2.24, 2.45) is 0 Å². The lowest BCUT2D eigenvalue weighted by Gasteiger charge is -2.29. The second kappa shape index (κ2) is 8.12. The fourth-order valence-electron chi connectivity index (χ4n) is 2.28. The van der Waals surface area contributed by atoms with Crippen molar-refractivity contribution in [3.63, 3.8) is 0 Å². The van der Waals surface area contributed by atoms with Crippen molar-refractivity contribution in [3.8, 4) is 0 Å². The molecule has 2 atom stereocenters. The molecule has 0 aliphatic carbocycles. The molecule has 0 aromatic heterocycles. The van der Waals surface area contributed by atoms with E-state index in [1.807, 2.05) is 13.8 Å². The first kappa shape index (κ1) is 18.4. The maximum absolute atomic E-state index is 12.2. The third-order valence-electron chi connectivity index (χ3n) is 3.51. The van der Waals surface area contributed by atoms with Crippen molar-refractivity contribution < 1.29 is 19.1 Å². The Kier molecular flexibility index (Phi) is 6.80. The number of aryl methyl sites for hydroxylation is 1. The summed E-state index contributed by atoms with van der Waals surface area (Å²) in [4.78, 5) is 23.9. The Morgan fingerprint density at radius 2 is 2.14 bits per heavy atom. The highest BCUT2D eigenvalue weighted by atomic mass is 35.5. The van der Waals surface area contributed by atoms with Crippen molar-refractivity contribution in [3.05, 3.63) is 29.3 Å². The average Bonchev–Trinajstić information content (AvgIpc) is 2.48. The van der Waals surface area contributed by atoms with E-state index in [0.717, 1.165) is 5.56 Å². The fourth-order valence-corrected chi connectivity index (χ4v) is 2.28. The van der Waals surface area contributed by atoms with Crippen LogP contribution >= 0.6 is 12.4 Å². The molecule has 1 heterocycles. The van der Waals surface area contributed by atoms with Gasteiger partial charge in [-0.15, -0.1) is 12.4 Å². The molecular formula is C15H21ClN2O4. The normalized spacial score (nSPS) is 20.7. The van der Waals surface area contributed by atoms with E-state index in [9.17, 15) is 9.59 Å². The zero-order valence-electron chi connectivity index (χ0n) is 12.8. The number of methoxy groups -OCH3 is 1. The molecule has 0 spiro atoms. The minimum Gasteiger partial charge on any atom is -0.465 e. The van der Waals surface area contributed by atoms with Crippen LogP contribution in [0.3, 0.4) is 0 Å². The van der Waals surface area contributed by atoms with Gasteiger partial charge in [0.25, 0.3) is 0 Å². The number of hydrogen-bond acceptors (Lipinski definition) is 5. The lowest BCUT2D eigenvalue weighted by molar-refractivity contribution is -0.123. The van der Waals surface area contributed by atoms with E-state index in [1.54, 1.807) is 18.2 Å². The van der Waals surface area contributed by atoms with Gasteiger partial charge in [0, 0.05) is 12.2 Å². The molecule has 0 saturated carbocycles. The summed E-state index contributed by atoms with van der Waals surface area (Å²) in [5.74, 6) is -0.599. The first-order valence-electron chi connectivity index (χ1n) is 6.87. The number of esters is 1. The van der Waals surface area contributed by atoms with Gasteiger partial charge in [0.1, 0.15) is 6.04 Å². The quantitative estimate of drug-likeness (QED) is 0.823. The SMILES string of the molecule is COC(=O)c1cc(NC(=O)[C@H]2NCCO[C@@H]2C)ccc1C.Cl. The largest absolute Gasteiger partial charge is 0.465 e. The van der Waals surface area contributed by atoms with Crippen molar-refractivity contribution >= 4 is 30.0 Å². The number of rotatable bonds is 3. The Hall–Kier alpha value is -1.63. The van der Waals surface area contributed by atoms with E-state index < -0.39 is 12.0 Å². The van der Waals surface area contributed by atoms with E-state index in [4.69, 9.17) is 9.47 Å². The van der Waals surface area contributed by atoms with Crippen LogP contribution in [-0.2, 0) is 14.3 Å². The molecule has 1 amide bonds. The number of halogens is 1. The summed E-state index contributed by atoms with van der Waals surface area (Å²) >= 11 is 0. The van der Waals surface area contributed by atoms with Crippen LogP contribution in [0.2, 0.25) is 0 Å². The molecule has 2 rings (SSSR count). The lowest BCUT2D eigenvalue weighted by Crippen LogP contribution is -2.53. The zero-order valence-corrected chi connectivity index (χ0v) is 13.7. The van der Waals surface area contributed by atoms with E-state index in [1.165, 1.54) is 7.11 Å². The van der Waals surface area contributed by atoms with Gasteiger partial charge in [-0.2, -0.15) is 0 Å². The molecule has 1 aromatic rings. The summed E-state index contributed by atoms with van der Waals surface area (Å²) in [6.07, 6.45) is -0.190. The summed E-state index contributed by atoms with van der Waals surface area (Å²) in [7, 11) is 1.33. The first-order chi connectivity index (χ1) is 10.0. The maximum atomic E-state index is 12.2. The molecule has 7 heteroatoms. The van der Waals surface area contributed by atoms with Crippen LogP contribution < -0.4 is 10.6 Å². The van der Waals surface area contributed by atoms with E-state index in [2.05, 4.69) is 10.6 Å². The van der Waals surface area contributed by atoms with Gasteiger partial charge in [0.05, 0.1) is 25.4 Å². The molecule has 1 fully saturated rings. The van der Waals surface area contributed by atoms with Crippen molar-refractivity contribution in [1.29, 1.82) is 0 Å². The van der Waals surface area contributed by atoms with Crippen LogP contribution in [-0.4, -0.2) is 44.3 Å². The molecule has 22 heavy (non-hydrogen) atoms. The molecule has 0 bridgehead atoms. The summed E-state index contributed by atoms with van der Waals surface area (Å²) in [6, 6.07) is 4.75. The van der Waals surface area contributed by atoms with Gasteiger partial charge in [-0.1, -0.05) is 6.07 Å². The molecule has 0 radical (unpaired) electrons. The molecule has 1 aromatic carbocycles. The topological polar surface area (TPSA) is 76.7 Å². The molecule has 122 valence electrons. The number of hydrogen-bond donors (Lipinski definition) is 2. The summed E-state index contributed by atoms with van der Waals surface area (Å²) in [5.41, 5.74) is 1.80.